The van der Waals surface area contributed by atoms with Crippen LogP contribution < -0.4 is 5.32 Å². The lowest BCUT2D eigenvalue weighted by atomic mass is 9.49. The highest BCUT2D eigenvalue weighted by atomic mass is 16.5. The third-order valence-corrected chi connectivity index (χ3v) is 6.39. The van der Waals surface area contributed by atoms with Crippen LogP contribution in [0.1, 0.15) is 55.8 Å². The summed E-state index contributed by atoms with van der Waals surface area (Å²) < 4.78 is 5.43. The van der Waals surface area contributed by atoms with Crippen molar-refractivity contribution in [1.29, 1.82) is 0 Å². The number of hydrogen-bond acceptors (Lipinski definition) is 4. The molecule has 5 heteroatoms. The zero-order valence-electron chi connectivity index (χ0n) is 15.1. The Morgan fingerprint density at radius 1 is 1.04 bits per heavy atom. The number of ether oxygens (including phenoxy) is 1. The van der Waals surface area contributed by atoms with Crippen molar-refractivity contribution in [2.24, 2.45) is 23.2 Å². The number of amides is 1. The van der Waals surface area contributed by atoms with Crippen LogP contribution in [0.4, 0.5) is 5.69 Å². The fourth-order valence-electron chi connectivity index (χ4n) is 5.73. The zero-order valence-corrected chi connectivity index (χ0v) is 15.1. The standard InChI is InChI=1S/C21H25NO4/c1-13(23)17-4-2-3-5-18(17)22-19(24)12-26-20(25)21-9-14-6-15(10-21)8-16(7-14)11-21/h2-5,14-16H,6-12H2,1H3,(H,22,24). The van der Waals surface area contributed by atoms with E-state index >= 15 is 0 Å². The second kappa shape index (κ2) is 6.53. The van der Waals surface area contributed by atoms with Crippen molar-refractivity contribution in [3.05, 3.63) is 29.8 Å². The molecule has 1 aromatic carbocycles. The molecule has 0 unspecified atom stereocenters. The monoisotopic (exact) mass is 355 g/mol. The second-order valence-electron chi connectivity index (χ2n) is 8.42. The Morgan fingerprint density at radius 2 is 1.62 bits per heavy atom. The van der Waals surface area contributed by atoms with Crippen molar-refractivity contribution in [2.45, 2.75) is 45.4 Å². The van der Waals surface area contributed by atoms with E-state index in [1.54, 1.807) is 24.3 Å². The smallest absolute Gasteiger partial charge is 0.312 e. The summed E-state index contributed by atoms with van der Waals surface area (Å²) in [4.78, 5) is 36.6. The molecule has 1 aromatic rings. The summed E-state index contributed by atoms with van der Waals surface area (Å²) in [5.41, 5.74) is 0.552. The third-order valence-electron chi connectivity index (χ3n) is 6.39. The third kappa shape index (κ3) is 3.15. The largest absolute Gasteiger partial charge is 0.455 e. The zero-order chi connectivity index (χ0) is 18.3. The van der Waals surface area contributed by atoms with Gasteiger partial charge in [0.05, 0.1) is 11.1 Å². The summed E-state index contributed by atoms with van der Waals surface area (Å²) in [6.45, 7) is 1.16. The van der Waals surface area contributed by atoms with Gasteiger partial charge in [-0.15, -0.1) is 0 Å². The molecule has 0 heterocycles. The van der Waals surface area contributed by atoms with Gasteiger partial charge in [0.1, 0.15) is 0 Å². The lowest BCUT2D eigenvalue weighted by Gasteiger charge is -2.55. The summed E-state index contributed by atoms with van der Waals surface area (Å²) in [7, 11) is 0. The Labute approximate surface area is 153 Å². The average molecular weight is 355 g/mol. The summed E-state index contributed by atoms with van der Waals surface area (Å²) >= 11 is 0. The Balaban J connectivity index is 1.36. The van der Waals surface area contributed by atoms with Crippen molar-refractivity contribution in [3.8, 4) is 0 Å². The summed E-state index contributed by atoms with van der Waals surface area (Å²) in [5, 5.41) is 2.68. The number of carbonyl (C=O) groups excluding carboxylic acids is 3. The van der Waals surface area contributed by atoms with E-state index in [4.69, 9.17) is 4.74 Å². The van der Waals surface area contributed by atoms with Crippen molar-refractivity contribution in [1.82, 2.24) is 0 Å². The molecule has 4 saturated carbocycles. The number of hydrogen-bond donors (Lipinski definition) is 1. The van der Waals surface area contributed by atoms with Gasteiger partial charge in [0.25, 0.3) is 5.91 Å². The SMILES string of the molecule is CC(=O)c1ccccc1NC(=O)COC(=O)C12CC3CC(CC(C3)C1)C2. The van der Waals surface area contributed by atoms with E-state index in [1.807, 2.05) is 0 Å². The van der Waals surface area contributed by atoms with Crippen molar-refractivity contribution in [3.63, 3.8) is 0 Å². The minimum absolute atomic E-state index is 0.119. The van der Waals surface area contributed by atoms with Gasteiger partial charge in [-0.3, -0.25) is 14.4 Å². The first kappa shape index (κ1) is 17.3. The molecule has 26 heavy (non-hydrogen) atoms. The Bertz CT molecular complexity index is 719. The second-order valence-corrected chi connectivity index (χ2v) is 8.42. The highest BCUT2D eigenvalue weighted by Crippen LogP contribution is 2.60. The number of anilines is 1. The van der Waals surface area contributed by atoms with Crippen LogP contribution in [0, 0.1) is 23.2 Å². The lowest BCUT2D eigenvalue weighted by Crippen LogP contribution is -2.50. The molecule has 0 radical (unpaired) electrons. The lowest BCUT2D eigenvalue weighted by molar-refractivity contribution is -0.172. The molecule has 0 spiro atoms. The summed E-state index contributed by atoms with van der Waals surface area (Å²) in [6.07, 6.45) is 6.55. The van der Waals surface area contributed by atoms with Crippen LogP contribution in [0.5, 0.6) is 0 Å². The first-order chi connectivity index (χ1) is 12.4. The van der Waals surface area contributed by atoms with Gasteiger partial charge in [0.15, 0.2) is 12.4 Å². The maximum Gasteiger partial charge on any atom is 0.312 e. The molecule has 1 amide bonds. The van der Waals surface area contributed by atoms with E-state index in [1.165, 1.54) is 26.2 Å². The summed E-state index contributed by atoms with van der Waals surface area (Å²) in [5.74, 6) is 1.25. The van der Waals surface area contributed by atoms with Crippen molar-refractivity contribution in [2.75, 3.05) is 11.9 Å². The summed E-state index contributed by atoms with van der Waals surface area (Å²) in [6, 6.07) is 6.85. The first-order valence-electron chi connectivity index (χ1n) is 9.52. The van der Waals surface area contributed by atoms with Crippen molar-refractivity contribution < 1.29 is 19.1 Å². The maximum absolute atomic E-state index is 12.8. The first-order valence-corrected chi connectivity index (χ1v) is 9.52. The molecule has 0 saturated heterocycles. The van der Waals surface area contributed by atoms with E-state index < -0.39 is 5.91 Å². The number of rotatable bonds is 5. The minimum Gasteiger partial charge on any atom is -0.455 e. The molecule has 0 aliphatic heterocycles. The van der Waals surface area contributed by atoms with Crippen LogP contribution >= 0.6 is 0 Å². The van der Waals surface area contributed by atoms with Crippen LogP contribution in [-0.4, -0.2) is 24.3 Å². The molecule has 5 nitrogen and oxygen atoms in total. The van der Waals surface area contributed by atoms with Crippen LogP contribution in [0.3, 0.4) is 0 Å². The number of ketones is 1. The van der Waals surface area contributed by atoms with Gasteiger partial charge in [0, 0.05) is 5.56 Å². The van der Waals surface area contributed by atoms with Gasteiger partial charge >= 0.3 is 5.97 Å². The predicted molar refractivity (Wildman–Crippen MR) is 96.6 cm³/mol. The highest BCUT2D eigenvalue weighted by Gasteiger charge is 2.55. The van der Waals surface area contributed by atoms with Crippen LogP contribution in [0.2, 0.25) is 0 Å². The fraction of sp³-hybridized carbons (Fsp3) is 0.571. The number of benzene rings is 1. The van der Waals surface area contributed by atoms with E-state index in [9.17, 15) is 14.4 Å². The molecule has 4 bridgehead atoms. The number of para-hydroxylation sites is 1. The fourth-order valence-corrected chi connectivity index (χ4v) is 5.73. The molecule has 4 aliphatic carbocycles. The number of carbonyl (C=O) groups is 3. The molecule has 5 rings (SSSR count). The Morgan fingerprint density at radius 3 is 2.19 bits per heavy atom. The molecule has 0 aromatic heterocycles. The van der Waals surface area contributed by atoms with E-state index in [0.717, 1.165) is 19.3 Å². The number of Topliss-reactive ketones (excluding diaryl/α,β-unsaturated/α-hetero) is 1. The normalized spacial score (nSPS) is 31.5. The van der Waals surface area contributed by atoms with E-state index in [0.29, 0.717) is 29.0 Å². The van der Waals surface area contributed by atoms with Gasteiger partial charge in [-0.2, -0.15) is 0 Å². The van der Waals surface area contributed by atoms with E-state index in [2.05, 4.69) is 5.32 Å². The van der Waals surface area contributed by atoms with Gasteiger partial charge in [0.2, 0.25) is 0 Å². The molecule has 1 N–H and O–H groups in total. The van der Waals surface area contributed by atoms with Crippen molar-refractivity contribution >= 4 is 23.3 Å². The van der Waals surface area contributed by atoms with E-state index in [-0.39, 0.29) is 23.8 Å². The molecular formula is C21H25NO4. The molecular weight excluding hydrogens is 330 g/mol. The molecule has 0 atom stereocenters. The van der Waals surface area contributed by atoms with Gasteiger partial charge in [-0.05, 0) is 75.3 Å². The van der Waals surface area contributed by atoms with Crippen LogP contribution in [0.25, 0.3) is 0 Å². The number of esters is 1. The van der Waals surface area contributed by atoms with Gasteiger partial charge in [-0.1, -0.05) is 12.1 Å². The molecule has 138 valence electrons. The average Bonchev–Trinajstić information content (AvgIpc) is 2.58. The predicted octanol–water partition coefficient (Wildman–Crippen LogP) is 3.59. The molecule has 4 aliphatic rings. The quantitative estimate of drug-likeness (QED) is 0.647. The Kier molecular flexibility index (Phi) is 4.33. The highest BCUT2D eigenvalue weighted by molar-refractivity contribution is 6.04. The van der Waals surface area contributed by atoms with Crippen LogP contribution in [0.15, 0.2) is 24.3 Å². The van der Waals surface area contributed by atoms with Gasteiger partial charge < -0.3 is 10.1 Å². The van der Waals surface area contributed by atoms with Crippen LogP contribution in [-0.2, 0) is 14.3 Å². The maximum atomic E-state index is 12.8. The molecule has 4 fully saturated rings. The minimum atomic E-state index is -0.406. The van der Waals surface area contributed by atoms with Gasteiger partial charge in [-0.25, -0.2) is 0 Å². The topological polar surface area (TPSA) is 72.5 Å². The number of nitrogens with one attached hydrogen (secondary N) is 1. The Hall–Kier alpha value is -2.17.